The number of rotatable bonds is 6. The lowest BCUT2D eigenvalue weighted by atomic mass is 10.3. The molecule has 0 fully saturated rings. The Kier molecular flexibility index (Phi) is 4.96. The number of H-pyrrole nitrogens is 1. The number of aromatic amines is 1. The van der Waals surface area contributed by atoms with Gasteiger partial charge in [0.15, 0.2) is 5.03 Å². The Morgan fingerprint density at radius 2 is 2.19 bits per heavy atom. The average molecular weight is 377 g/mol. The van der Waals surface area contributed by atoms with Crippen LogP contribution in [0.1, 0.15) is 12.5 Å². The monoisotopic (exact) mass is 376 g/mol. The summed E-state index contributed by atoms with van der Waals surface area (Å²) in [5, 5.41) is 9.26. The van der Waals surface area contributed by atoms with Crippen molar-refractivity contribution in [2.24, 2.45) is 0 Å². The Bertz CT molecular complexity index is 733. The molecule has 1 aromatic carbocycles. The third-order valence-corrected chi connectivity index (χ3v) is 4.72. The number of sulfonamides is 1. The largest absolute Gasteiger partial charge is 0.313 e. The molecule has 0 amide bonds. The van der Waals surface area contributed by atoms with Gasteiger partial charge >= 0.3 is 0 Å². The summed E-state index contributed by atoms with van der Waals surface area (Å²) in [5.74, 6) is -0.459. The number of benzene rings is 1. The van der Waals surface area contributed by atoms with Crippen LogP contribution >= 0.6 is 15.9 Å². The second kappa shape index (κ2) is 6.54. The number of hydrogen-bond donors (Lipinski definition) is 3. The van der Waals surface area contributed by atoms with Gasteiger partial charge in [-0.25, -0.2) is 4.39 Å². The maximum absolute atomic E-state index is 13.0. The highest BCUT2D eigenvalue weighted by Crippen LogP contribution is 2.26. The van der Waals surface area contributed by atoms with E-state index >= 15 is 0 Å². The first-order chi connectivity index (χ1) is 9.94. The van der Waals surface area contributed by atoms with E-state index in [0.717, 1.165) is 0 Å². The fourth-order valence-electron chi connectivity index (χ4n) is 1.69. The van der Waals surface area contributed by atoms with Gasteiger partial charge in [0.25, 0.3) is 10.0 Å². The molecule has 0 saturated heterocycles. The Labute approximate surface area is 130 Å². The Balaban J connectivity index is 2.28. The van der Waals surface area contributed by atoms with Crippen molar-refractivity contribution in [1.29, 1.82) is 0 Å². The first-order valence-electron chi connectivity index (χ1n) is 6.15. The second-order valence-corrected chi connectivity index (χ2v) is 6.71. The topological polar surface area (TPSA) is 86.9 Å². The van der Waals surface area contributed by atoms with Gasteiger partial charge in [-0.05, 0) is 40.7 Å². The Hall–Kier alpha value is -1.45. The maximum atomic E-state index is 13.0. The standard InChI is InChI=1S/C12H14BrFN4O2S/c1-2-15-6-8-7-16-17-12(8)21(19,20)18-11-4-3-9(14)5-10(11)13/h3-5,7,15,18H,2,6H2,1H3,(H,16,17). The van der Waals surface area contributed by atoms with Gasteiger partial charge in [-0.3, -0.25) is 9.82 Å². The molecule has 0 bridgehead atoms. The summed E-state index contributed by atoms with van der Waals surface area (Å²) in [7, 11) is -3.83. The number of nitrogens with zero attached hydrogens (tertiary/aromatic N) is 1. The molecule has 3 N–H and O–H groups in total. The molecule has 0 radical (unpaired) electrons. The van der Waals surface area contributed by atoms with Crippen LogP contribution in [0.3, 0.4) is 0 Å². The number of hydrogen-bond acceptors (Lipinski definition) is 4. The van der Waals surface area contributed by atoms with Crippen LogP contribution in [0, 0.1) is 5.82 Å². The third kappa shape index (κ3) is 3.80. The predicted octanol–water partition coefficient (Wildman–Crippen LogP) is 2.22. The van der Waals surface area contributed by atoms with Crippen molar-refractivity contribution >= 4 is 31.6 Å². The first-order valence-corrected chi connectivity index (χ1v) is 8.42. The van der Waals surface area contributed by atoms with E-state index in [9.17, 15) is 12.8 Å². The molecular weight excluding hydrogens is 363 g/mol. The molecule has 0 atom stereocenters. The quantitative estimate of drug-likeness (QED) is 0.721. The lowest BCUT2D eigenvalue weighted by Crippen LogP contribution is -2.18. The van der Waals surface area contributed by atoms with Crippen LogP contribution < -0.4 is 10.0 Å². The summed E-state index contributed by atoms with van der Waals surface area (Å²) < 4.78 is 40.5. The minimum absolute atomic E-state index is 0.0142. The van der Waals surface area contributed by atoms with Crippen LogP contribution in [0.25, 0.3) is 0 Å². The summed E-state index contributed by atoms with van der Waals surface area (Å²) in [4.78, 5) is 0. The molecule has 0 saturated carbocycles. The maximum Gasteiger partial charge on any atom is 0.279 e. The average Bonchev–Trinajstić information content (AvgIpc) is 2.89. The van der Waals surface area contributed by atoms with Crippen molar-refractivity contribution in [3.8, 4) is 0 Å². The summed E-state index contributed by atoms with van der Waals surface area (Å²) in [6, 6.07) is 3.71. The van der Waals surface area contributed by atoms with Crippen molar-refractivity contribution in [1.82, 2.24) is 15.5 Å². The van der Waals surface area contributed by atoms with Crippen molar-refractivity contribution in [2.75, 3.05) is 11.3 Å². The van der Waals surface area contributed by atoms with E-state index in [1.165, 1.54) is 24.4 Å². The zero-order valence-electron chi connectivity index (χ0n) is 11.2. The molecule has 9 heteroatoms. The molecule has 0 unspecified atom stereocenters. The lowest BCUT2D eigenvalue weighted by molar-refractivity contribution is 0.594. The molecule has 2 rings (SSSR count). The Morgan fingerprint density at radius 3 is 2.86 bits per heavy atom. The predicted molar refractivity (Wildman–Crippen MR) is 80.9 cm³/mol. The van der Waals surface area contributed by atoms with Gasteiger partial charge in [-0.1, -0.05) is 6.92 Å². The van der Waals surface area contributed by atoms with E-state index in [-0.39, 0.29) is 10.7 Å². The van der Waals surface area contributed by atoms with Crippen LogP contribution in [-0.2, 0) is 16.6 Å². The molecule has 2 aromatic rings. The van der Waals surface area contributed by atoms with Gasteiger partial charge in [-0.15, -0.1) is 0 Å². The highest BCUT2D eigenvalue weighted by molar-refractivity contribution is 9.10. The second-order valence-electron chi connectivity index (χ2n) is 4.23. The molecule has 0 spiro atoms. The molecule has 114 valence electrons. The summed E-state index contributed by atoms with van der Waals surface area (Å²) in [6.07, 6.45) is 1.46. The number of aromatic nitrogens is 2. The molecule has 0 aliphatic rings. The fraction of sp³-hybridized carbons (Fsp3) is 0.250. The van der Waals surface area contributed by atoms with Crippen molar-refractivity contribution in [3.05, 3.63) is 40.2 Å². The fourth-order valence-corrected chi connectivity index (χ4v) is 3.48. The first kappa shape index (κ1) is 15.9. The zero-order chi connectivity index (χ0) is 15.5. The third-order valence-electron chi connectivity index (χ3n) is 2.69. The van der Waals surface area contributed by atoms with E-state index in [0.29, 0.717) is 23.1 Å². The lowest BCUT2D eigenvalue weighted by Gasteiger charge is -2.10. The van der Waals surface area contributed by atoms with Crippen LogP contribution in [0.15, 0.2) is 33.9 Å². The van der Waals surface area contributed by atoms with E-state index in [1.54, 1.807) is 0 Å². The summed E-state index contributed by atoms with van der Waals surface area (Å²) in [5.41, 5.74) is 0.781. The van der Waals surface area contributed by atoms with Crippen molar-refractivity contribution in [2.45, 2.75) is 18.5 Å². The number of anilines is 1. The molecule has 0 aliphatic carbocycles. The van der Waals surface area contributed by atoms with Gasteiger partial charge < -0.3 is 5.32 Å². The van der Waals surface area contributed by atoms with E-state index in [4.69, 9.17) is 0 Å². The van der Waals surface area contributed by atoms with E-state index < -0.39 is 15.8 Å². The van der Waals surface area contributed by atoms with Gasteiger partial charge in [0.2, 0.25) is 0 Å². The Morgan fingerprint density at radius 1 is 1.43 bits per heavy atom. The van der Waals surface area contributed by atoms with Gasteiger partial charge in [0.1, 0.15) is 5.82 Å². The van der Waals surface area contributed by atoms with E-state index in [1.807, 2.05) is 6.92 Å². The van der Waals surface area contributed by atoms with E-state index in [2.05, 4.69) is 36.2 Å². The number of halogens is 2. The summed E-state index contributed by atoms with van der Waals surface area (Å²) in [6.45, 7) is 3.01. The molecule has 0 aliphatic heterocycles. The highest BCUT2D eigenvalue weighted by atomic mass is 79.9. The van der Waals surface area contributed by atoms with Gasteiger partial charge in [-0.2, -0.15) is 13.5 Å². The minimum atomic E-state index is -3.83. The van der Waals surface area contributed by atoms with Crippen LogP contribution in [0.2, 0.25) is 0 Å². The highest BCUT2D eigenvalue weighted by Gasteiger charge is 2.21. The van der Waals surface area contributed by atoms with Crippen LogP contribution in [0.4, 0.5) is 10.1 Å². The molecule has 1 aromatic heterocycles. The molecule has 1 heterocycles. The molecule has 21 heavy (non-hydrogen) atoms. The minimum Gasteiger partial charge on any atom is -0.313 e. The van der Waals surface area contributed by atoms with Gasteiger partial charge in [0.05, 0.1) is 11.9 Å². The van der Waals surface area contributed by atoms with Crippen LogP contribution in [0.5, 0.6) is 0 Å². The zero-order valence-corrected chi connectivity index (χ0v) is 13.6. The number of nitrogens with one attached hydrogen (secondary N) is 3. The molecule has 6 nitrogen and oxygen atoms in total. The smallest absolute Gasteiger partial charge is 0.279 e. The SMILES string of the molecule is CCNCc1cn[nH]c1S(=O)(=O)Nc1ccc(F)cc1Br. The normalized spacial score (nSPS) is 11.6. The van der Waals surface area contributed by atoms with Crippen molar-refractivity contribution in [3.63, 3.8) is 0 Å². The summed E-state index contributed by atoms with van der Waals surface area (Å²) >= 11 is 3.12. The van der Waals surface area contributed by atoms with Crippen LogP contribution in [-0.4, -0.2) is 25.2 Å². The van der Waals surface area contributed by atoms with Gasteiger partial charge in [0, 0.05) is 16.6 Å². The molecular formula is C12H14BrFN4O2S. The van der Waals surface area contributed by atoms with Crippen molar-refractivity contribution < 1.29 is 12.8 Å².